The van der Waals surface area contributed by atoms with Gasteiger partial charge in [0.15, 0.2) is 0 Å². The average Bonchev–Trinajstić information content (AvgIpc) is 2.86. The van der Waals surface area contributed by atoms with Crippen LogP contribution in [0.4, 0.5) is 5.69 Å². The van der Waals surface area contributed by atoms with Crippen LogP contribution in [0.1, 0.15) is 29.4 Å². The van der Waals surface area contributed by atoms with E-state index in [4.69, 9.17) is 10.5 Å². The van der Waals surface area contributed by atoms with Gasteiger partial charge < -0.3 is 15.8 Å². The number of ether oxygens (including phenoxy) is 1. The fourth-order valence-corrected chi connectivity index (χ4v) is 3.59. The molecule has 1 saturated heterocycles. The minimum absolute atomic E-state index is 0.108. The number of nitrogen functional groups attached to an aromatic ring is 1. The maximum absolute atomic E-state index is 12.4. The Kier molecular flexibility index (Phi) is 4.03. The van der Waals surface area contributed by atoms with Gasteiger partial charge in [0.1, 0.15) is 9.71 Å². The van der Waals surface area contributed by atoms with E-state index in [-0.39, 0.29) is 11.9 Å². The Bertz CT molecular complexity index is 651. The third-order valence-corrected chi connectivity index (χ3v) is 5.06. The molecule has 1 unspecified atom stereocenters. The lowest BCUT2D eigenvalue weighted by atomic mass is 9.93. The first-order valence-electron chi connectivity index (χ1n) is 7.05. The largest absolute Gasteiger partial charge is 0.397 e. The summed E-state index contributed by atoms with van der Waals surface area (Å²) in [5, 5.41) is 11.7. The maximum atomic E-state index is 12.4. The van der Waals surface area contributed by atoms with Crippen LogP contribution in [0.5, 0.6) is 0 Å². The molecule has 3 N–H and O–H groups in total. The molecule has 21 heavy (non-hydrogen) atoms. The Labute approximate surface area is 126 Å². The third kappa shape index (κ3) is 2.84. The summed E-state index contributed by atoms with van der Waals surface area (Å²) in [6, 6.07) is 1.89. The molecule has 3 heterocycles. The summed E-state index contributed by atoms with van der Waals surface area (Å²) in [7, 11) is 0. The second-order valence-electron chi connectivity index (χ2n) is 5.31. The third-order valence-electron chi connectivity index (χ3n) is 3.96. The van der Waals surface area contributed by atoms with Gasteiger partial charge in [0.2, 0.25) is 0 Å². The highest BCUT2D eigenvalue weighted by Gasteiger charge is 2.24. The normalized spacial score (nSPS) is 17.8. The smallest absolute Gasteiger partial charge is 0.263 e. The lowest BCUT2D eigenvalue weighted by molar-refractivity contribution is 0.0539. The second-order valence-corrected chi connectivity index (χ2v) is 6.31. The molecule has 0 saturated carbocycles. The van der Waals surface area contributed by atoms with Crippen LogP contribution in [0.15, 0.2) is 12.3 Å². The summed E-state index contributed by atoms with van der Waals surface area (Å²) < 4.78 is 5.35. The topological polar surface area (TPSA) is 90.1 Å². The molecule has 0 radical (unpaired) electrons. The molecule has 6 nitrogen and oxygen atoms in total. The van der Waals surface area contributed by atoms with Crippen LogP contribution in [-0.4, -0.2) is 35.4 Å². The predicted molar refractivity (Wildman–Crippen MR) is 82.3 cm³/mol. The number of rotatable bonds is 3. The number of nitrogens with one attached hydrogen (secondary N) is 1. The number of nitrogens with zero attached hydrogens (tertiary/aromatic N) is 2. The van der Waals surface area contributed by atoms with E-state index in [9.17, 15) is 4.79 Å². The Balaban J connectivity index is 1.75. The van der Waals surface area contributed by atoms with Crippen LogP contribution in [0.2, 0.25) is 0 Å². The van der Waals surface area contributed by atoms with E-state index in [1.54, 1.807) is 12.3 Å². The number of fused-ring (bicyclic) bond motifs is 1. The molecular weight excluding hydrogens is 288 g/mol. The number of carbonyl (C=O) groups excluding carboxylic acids is 1. The number of hydrogen-bond donors (Lipinski definition) is 2. The van der Waals surface area contributed by atoms with E-state index in [0.29, 0.717) is 21.3 Å². The lowest BCUT2D eigenvalue weighted by Crippen LogP contribution is -2.40. The Morgan fingerprint density at radius 3 is 3.00 bits per heavy atom. The van der Waals surface area contributed by atoms with Crippen molar-refractivity contribution < 1.29 is 9.53 Å². The quantitative estimate of drug-likeness (QED) is 0.902. The van der Waals surface area contributed by atoms with Crippen molar-refractivity contribution in [3.8, 4) is 0 Å². The van der Waals surface area contributed by atoms with Gasteiger partial charge in [-0.05, 0) is 31.7 Å². The minimum Gasteiger partial charge on any atom is -0.397 e. The highest BCUT2D eigenvalue weighted by Crippen LogP contribution is 2.31. The van der Waals surface area contributed by atoms with E-state index >= 15 is 0 Å². The molecule has 1 amide bonds. The molecule has 0 bridgehead atoms. The fraction of sp³-hybridized carbons (Fsp3) is 0.500. The van der Waals surface area contributed by atoms with Crippen LogP contribution in [0, 0.1) is 5.92 Å². The molecule has 3 rings (SSSR count). The van der Waals surface area contributed by atoms with Crippen molar-refractivity contribution in [1.82, 2.24) is 15.5 Å². The van der Waals surface area contributed by atoms with Crippen LogP contribution >= 0.6 is 11.3 Å². The van der Waals surface area contributed by atoms with Gasteiger partial charge in [-0.1, -0.05) is 0 Å². The van der Waals surface area contributed by atoms with E-state index < -0.39 is 0 Å². The highest BCUT2D eigenvalue weighted by atomic mass is 32.1. The molecular formula is C14H18N4O2S. The first-order valence-corrected chi connectivity index (χ1v) is 7.86. The van der Waals surface area contributed by atoms with Crippen LogP contribution < -0.4 is 11.1 Å². The number of anilines is 1. The van der Waals surface area contributed by atoms with Crippen molar-refractivity contribution in [2.45, 2.75) is 25.8 Å². The van der Waals surface area contributed by atoms with Gasteiger partial charge in [0.05, 0.1) is 11.9 Å². The van der Waals surface area contributed by atoms with Crippen LogP contribution in [0.3, 0.4) is 0 Å². The second kappa shape index (κ2) is 5.95. The summed E-state index contributed by atoms with van der Waals surface area (Å²) in [6.07, 6.45) is 3.54. The molecule has 2 aromatic rings. The molecule has 2 aromatic heterocycles. The number of amides is 1. The van der Waals surface area contributed by atoms with Gasteiger partial charge >= 0.3 is 0 Å². The van der Waals surface area contributed by atoms with Gasteiger partial charge in [0.25, 0.3) is 5.91 Å². The molecule has 0 spiro atoms. The minimum atomic E-state index is -0.130. The number of carbonyl (C=O) groups is 1. The molecule has 0 aromatic carbocycles. The Morgan fingerprint density at radius 1 is 1.52 bits per heavy atom. The van der Waals surface area contributed by atoms with Gasteiger partial charge in [-0.2, -0.15) is 5.10 Å². The predicted octanol–water partition coefficient (Wildman–Crippen LogP) is 1.82. The molecule has 1 fully saturated rings. The number of hydrogen-bond acceptors (Lipinski definition) is 6. The van der Waals surface area contributed by atoms with Crippen molar-refractivity contribution in [2.24, 2.45) is 5.92 Å². The van der Waals surface area contributed by atoms with E-state index in [0.717, 1.165) is 31.4 Å². The molecule has 7 heteroatoms. The monoisotopic (exact) mass is 306 g/mol. The first-order chi connectivity index (χ1) is 10.2. The van der Waals surface area contributed by atoms with Crippen molar-refractivity contribution in [3.63, 3.8) is 0 Å². The SMILES string of the molecule is CC(NC(=O)c1sc2nnccc2c1N)C1CCOCC1. The molecule has 112 valence electrons. The van der Waals surface area contributed by atoms with Crippen molar-refractivity contribution in [1.29, 1.82) is 0 Å². The first kappa shape index (κ1) is 14.2. The summed E-state index contributed by atoms with van der Waals surface area (Å²) >= 11 is 1.29. The maximum Gasteiger partial charge on any atom is 0.263 e. The van der Waals surface area contributed by atoms with Gasteiger partial charge in [-0.15, -0.1) is 16.4 Å². The Hall–Kier alpha value is -1.73. The lowest BCUT2D eigenvalue weighted by Gasteiger charge is -2.28. The van der Waals surface area contributed by atoms with E-state index in [1.807, 2.05) is 6.92 Å². The molecule has 1 aliphatic heterocycles. The van der Waals surface area contributed by atoms with Crippen molar-refractivity contribution in [3.05, 3.63) is 17.1 Å². The summed E-state index contributed by atoms with van der Waals surface area (Å²) in [6.45, 7) is 3.58. The standard InChI is InChI=1S/C14H18N4O2S/c1-8(9-3-6-20-7-4-9)17-13(19)12-11(15)10-2-5-16-18-14(10)21-12/h2,5,8-9H,3-4,6-7,15H2,1H3,(H,17,19). The summed E-state index contributed by atoms with van der Waals surface area (Å²) in [5.74, 6) is 0.326. The zero-order valence-electron chi connectivity index (χ0n) is 11.8. The van der Waals surface area contributed by atoms with E-state index in [1.165, 1.54) is 11.3 Å². The van der Waals surface area contributed by atoms with Crippen LogP contribution in [0.25, 0.3) is 10.2 Å². The van der Waals surface area contributed by atoms with Crippen molar-refractivity contribution in [2.75, 3.05) is 18.9 Å². The fourth-order valence-electron chi connectivity index (χ4n) is 2.65. The summed E-state index contributed by atoms with van der Waals surface area (Å²) in [4.78, 5) is 13.6. The zero-order valence-corrected chi connectivity index (χ0v) is 12.7. The average molecular weight is 306 g/mol. The van der Waals surface area contributed by atoms with E-state index in [2.05, 4.69) is 15.5 Å². The number of thiophene rings is 1. The molecule has 1 aliphatic rings. The Morgan fingerprint density at radius 2 is 2.29 bits per heavy atom. The van der Waals surface area contributed by atoms with Crippen molar-refractivity contribution >= 4 is 33.1 Å². The van der Waals surface area contributed by atoms with Crippen LogP contribution in [-0.2, 0) is 4.74 Å². The molecule has 0 aliphatic carbocycles. The van der Waals surface area contributed by atoms with Gasteiger partial charge in [-0.3, -0.25) is 4.79 Å². The van der Waals surface area contributed by atoms with Gasteiger partial charge in [0, 0.05) is 24.6 Å². The molecule has 1 atom stereocenters. The zero-order chi connectivity index (χ0) is 14.8. The summed E-state index contributed by atoms with van der Waals surface area (Å²) in [5.41, 5.74) is 6.54. The number of nitrogens with two attached hydrogens (primary N) is 1. The number of aromatic nitrogens is 2. The van der Waals surface area contributed by atoms with Gasteiger partial charge in [-0.25, -0.2) is 0 Å². The highest BCUT2D eigenvalue weighted by molar-refractivity contribution is 7.21.